The molecular weight excluding hydrogens is 576 g/mol. The first kappa shape index (κ1) is 26.4. The van der Waals surface area contributed by atoms with Gasteiger partial charge < -0.3 is 9.64 Å². The van der Waals surface area contributed by atoms with E-state index in [1.54, 1.807) is 28.4 Å². The molecule has 4 aromatic rings. The molecule has 1 aliphatic rings. The van der Waals surface area contributed by atoms with Gasteiger partial charge in [0.25, 0.3) is 5.91 Å². The second-order valence-electron chi connectivity index (χ2n) is 9.43. The van der Waals surface area contributed by atoms with Gasteiger partial charge in [0.15, 0.2) is 3.92 Å². The Morgan fingerprint density at radius 2 is 2.03 bits per heavy atom. The summed E-state index contributed by atoms with van der Waals surface area (Å²) in [6.07, 6.45) is 3.36. The van der Waals surface area contributed by atoms with E-state index in [2.05, 4.69) is 31.2 Å². The minimum absolute atomic E-state index is 0.0231. The first-order chi connectivity index (χ1) is 18.2. The number of aryl methyl sites for hydroxylation is 1. The standard InChI is InChI=1S/C27H26BrF2N5O2S/c1-15-10-18(24-13-34(33-32-24)14-25-16(2)31-27(28)38-25)8-9-35(15)26(36)21-6-4-17(11-22(21)29)20-7-5-19(37-3)12-23(20)30/h4-7,11-13,15,18H,8-10,14H2,1-3H3. The normalized spacial score (nSPS) is 17.6. The van der Waals surface area contributed by atoms with Crippen LogP contribution in [0.4, 0.5) is 8.78 Å². The highest BCUT2D eigenvalue weighted by Gasteiger charge is 2.32. The average molecular weight is 603 g/mol. The second-order valence-corrected chi connectivity index (χ2v) is 11.8. The molecule has 2 aromatic carbocycles. The molecule has 1 fully saturated rings. The molecule has 2 aromatic heterocycles. The molecule has 2 atom stereocenters. The highest BCUT2D eigenvalue weighted by molar-refractivity contribution is 9.11. The minimum atomic E-state index is -0.676. The number of hydrogen-bond acceptors (Lipinski definition) is 6. The smallest absolute Gasteiger partial charge is 0.257 e. The Morgan fingerprint density at radius 1 is 1.21 bits per heavy atom. The maximum Gasteiger partial charge on any atom is 0.257 e. The molecule has 11 heteroatoms. The Balaban J connectivity index is 1.26. The number of carbonyl (C=O) groups excluding carboxylic acids is 1. The highest BCUT2D eigenvalue weighted by atomic mass is 79.9. The van der Waals surface area contributed by atoms with Crippen molar-refractivity contribution in [1.82, 2.24) is 24.9 Å². The van der Waals surface area contributed by atoms with Gasteiger partial charge in [0.2, 0.25) is 0 Å². The summed E-state index contributed by atoms with van der Waals surface area (Å²) in [5.41, 5.74) is 2.43. The van der Waals surface area contributed by atoms with E-state index in [1.165, 1.54) is 31.4 Å². The number of rotatable bonds is 6. The van der Waals surface area contributed by atoms with E-state index in [-0.39, 0.29) is 29.0 Å². The van der Waals surface area contributed by atoms with Crippen LogP contribution in [0.25, 0.3) is 11.1 Å². The van der Waals surface area contributed by atoms with Crippen LogP contribution in [0.2, 0.25) is 0 Å². The lowest BCUT2D eigenvalue weighted by Crippen LogP contribution is -2.44. The molecule has 0 bridgehead atoms. The van der Waals surface area contributed by atoms with Crippen LogP contribution >= 0.6 is 27.3 Å². The molecule has 3 heterocycles. The fourth-order valence-electron chi connectivity index (χ4n) is 4.87. The summed E-state index contributed by atoms with van der Waals surface area (Å²) in [6.45, 7) is 5.01. The van der Waals surface area contributed by atoms with Crippen LogP contribution in [-0.2, 0) is 6.54 Å². The summed E-state index contributed by atoms with van der Waals surface area (Å²) < 4.78 is 37.2. The molecule has 0 aliphatic carbocycles. The number of likely N-dealkylation sites (tertiary alicyclic amines) is 1. The Labute approximate surface area is 231 Å². The van der Waals surface area contributed by atoms with Crippen molar-refractivity contribution in [2.45, 2.75) is 45.2 Å². The molecule has 198 valence electrons. The van der Waals surface area contributed by atoms with E-state index in [0.29, 0.717) is 37.2 Å². The van der Waals surface area contributed by atoms with Crippen molar-refractivity contribution in [2.24, 2.45) is 0 Å². The number of piperidine rings is 1. The predicted molar refractivity (Wildman–Crippen MR) is 144 cm³/mol. The molecule has 0 radical (unpaired) electrons. The number of methoxy groups -OCH3 is 1. The van der Waals surface area contributed by atoms with Gasteiger partial charge in [-0.15, -0.1) is 16.4 Å². The van der Waals surface area contributed by atoms with Crippen molar-refractivity contribution in [3.63, 3.8) is 0 Å². The molecule has 1 saturated heterocycles. The first-order valence-corrected chi connectivity index (χ1v) is 13.8. The number of nitrogens with zero attached hydrogens (tertiary/aromatic N) is 5. The molecule has 0 saturated carbocycles. The van der Waals surface area contributed by atoms with Crippen molar-refractivity contribution >= 4 is 33.2 Å². The summed E-state index contributed by atoms with van der Waals surface area (Å²) in [5, 5.41) is 8.68. The van der Waals surface area contributed by atoms with Gasteiger partial charge in [-0.1, -0.05) is 11.3 Å². The van der Waals surface area contributed by atoms with Gasteiger partial charge in [0.1, 0.15) is 17.4 Å². The fraction of sp³-hybridized carbons (Fsp3) is 0.333. The Morgan fingerprint density at radius 3 is 2.68 bits per heavy atom. The molecule has 7 nitrogen and oxygen atoms in total. The van der Waals surface area contributed by atoms with E-state index in [4.69, 9.17) is 4.74 Å². The lowest BCUT2D eigenvalue weighted by atomic mass is 9.89. The SMILES string of the molecule is COc1ccc(-c2ccc(C(=O)N3CCC(c4cn(Cc5sc(Br)nc5C)nn4)CC3C)c(F)c2)c(F)c1. The van der Waals surface area contributed by atoms with Gasteiger partial charge in [-0.25, -0.2) is 18.4 Å². The molecule has 38 heavy (non-hydrogen) atoms. The number of halogens is 3. The molecular formula is C27H26BrF2N5O2S. The maximum absolute atomic E-state index is 15.1. The van der Waals surface area contributed by atoms with Gasteiger partial charge in [-0.05, 0) is 72.4 Å². The summed E-state index contributed by atoms with van der Waals surface area (Å²) in [6, 6.07) is 8.49. The summed E-state index contributed by atoms with van der Waals surface area (Å²) in [7, 11) is 1.45. The largest absolute Gasteiger partial charge is 0.497 e. The third-order valence-electron chi connectivity index (χ3n) is 6.97. The van der Waals surface area contributed by atoms with Crippen LogP contribution < -0.4 is 4.74 Å². The zero-order valence-electron chi connectivity index (χ0n) is 21.1. The highest BCUT2D eigenvalue weighted by Crippen LogP contribution is 2.33. The van der Waals surface area contributed by atoms with E-state index < -0.39 is 11.6 Å². The summed E-state index contributed by atoms with van der Waals surface area (Å²) >= 11 is 5.00. The Kier molecular flexibility index (Phi) is 7.58. The number of hydrogen-bond donors (Lipinski definition) is 0. The van der Waals surface area contributed by atoms with Crippen molar-refractivity contribution in [2.75, 3.05) is 13.7 Å². The third-order valence-corrected chi connectivity index (χ3v) is 8.56. The molecule has 1 amide bonds. The zero-order chi connectivity index (χ0) is 27.0. The third kappa shape index (κ3) is 5.35. The fourth-order valence-corrected chi connectivity index (χ4v) is 6.50. The van der Waals surface area contributed by atoms with Crippen molar-refractivity contribution < 1.29 is 18.3 Å². The van der Waals surface area contributed by atoms with E-state index in [0.717, 1.165) is 20.2 Å². The van der Waals surface area contributed by atoms with Crippen molar-refractivity contribution in [3.8, 4) is 16.9 Å². The van der Waals surface area contributed by atoms with Gasteiger partial charge in [0, 0.05) is 36.3 Å². The van der Waals surface area contributed by atoms with Gasteiger partial charge in [0.05, 0.1) is 35.5 Å². The van der Waals surface area contributed by atoms with Crippen LogP contribution in [-0.4, -0.2) is 50.5 Å². The Hall–Kier alpha value is -3.18. The van der Waals surface area contributed by atoms with Crippen LogP contribution in [0.15, 0.2) is 46.5 Å². The topological polar surface area (TPSA) is 73.1 Å². The number of carbonyl (C=O) groups is 1. The number of benzene rings is 2. The van der Waals surface area contributed by atoms with Crippen LogP contribution in [0.3, 0.4) is 0 Å². The molecule has 5 rings (SSSR count). The quantitative estimate of drug-likeness (QED) is 0.262. The maximum atomic E-state index is 15.1. The molecule has 2 unspecified atom stereocenters. The predicted octanol–water partition coefficient (Wildman–Crippen LogP) is 6.22. The summed E-state index contributed by atoms with van der Waals surface area (Å²) in [4.78, 5) is 20.5. The van der Waals surface area contributed by atoms with Gasteiger partial charge in [-0.3, -0.25) is 4.79 Å². The first-order valence-electron chi connectivity index (χ1n) is 12.2. The molecule has 1 aliphatic heterocycles. The van der Waals surface area contributed by atoms with Crippen molar-refractivity contribution in [1.29, 1.82) is 0 Å². The molecule has 0 spiro atoms. The monoisotopic (exact) mass is 601 g/mol. The zero-order valence-corrected chi connectivity index (χ0v) is 23.5. The van der Waals surface area contributed by atoms with Crippen LogP contribution in [0.1, 0.15) is 52.3 Å². The van der Waals surface area contributed by atoms with Gasteiger partial charge in [-0.2, -0.15) is 0 Å². The van der Waals surface area contributed by atoms with Crippen LogP contribution in [0.5, 0.6) is 5.75 Å². The summed E-state index contributed by atoms with van der Waals surface area (Å²) in [5.74, 6) is -1.04. The van der Waals surface area contributed by atoms with E-state index in [9.17, 15) is 9.18 Å². The van der Waals surface area contributed by atoms with Crippen molar-refractivity contribution in [3.05, 3.63) is 80.0 Å². The Bertz CT molecular complexity index is 1490. The number of ether oxygens (including phenoxy) is 1. The molecule has 0 N–H and O–H groups in total. The second kappa shape index (κ2) is 10.9. The van der Waals surface area contributed by atoms with E-state index in [1.807, 2.05) is 24.7 Å². The average Bonchev–Trinajstić information content (AvgIpc) is 3.48. The van der Waals surface area contributed by atoms with Crippen LogP contribution in [0, 0.1) is 18.6 Å². The van der Waals surface area contributed by atoms with Gasteiger partial charge >= 0.3 is 0 Å². The lowest BCUT2D eigenvalue weighted by Gasteiger charge is -2.37. The van der Waals surface area contributed by atoms with E-state index >= 15 is 4.39 Å². The lowest BCUT2D eigenvalue weighted by molar-refractivity contribution is 0.0610. The number of aromatic nitrogens is 4. The number of thiazole rings is 1. The number of amides is 1. The minimum Gasteiger partial charge on any atom is -0.497 e.